The van der Waals surface area contributed by atoms with Gasteiger partial charge in [0.2, 0.25) is 0 Å². The molecule has 0 unspecified atom stereocenters. The van der Waals surface area contributed by atoms with Crippen LogP contribution in [0.15, 0.2) is 60.7 Å². The monoisotopic (exact) mass is 360 g/mol. The Bertz CT molecular complexity index is 1070. The first-order valence-electron chi connectivity index (χ1n) is 8.81. The fourth-order valence-corrected chi connectivity index (χ4v) is 3.80. The second-order valence-corrected chi connectivity index (χ2v) is 7.33. The van der Waals surface area contributed by atoms with Crippen molar-refractivity contribution in [1.29, 1.82) is 0 Å². The summed E-state index contributed by atoms with van der Waals surface area (Å²) in [5.41, 5.74) is 8.54. The van der Waals surface area contributed by atoms with E-state index in [1.54, 1.807) is 0 Å². The first-order valence-corrected chi connectivity index (χ1v) is 9.18. The van der Waals surface area contributed by atoms with Gasteiger partial charge in [-0.1, -0.05) is 41.4 Å². The van der Waals surface area contributed by atoms with Crippen molar-refractivity contribution in [2.75, 3.05) is 0 Å². The van der Waals surface area contributed by atoms with Gasteiger partial charge >= 0.3 is 0 Å². The summed E-state index contributed by atoms with van der Waals surface area (Å²) in [6.07, 6.45) is 0. The Hall–Kier alpha value is -2.58. The predicted molar refractivity (Wildman–Crippen MR) is 110 cm³/mol. The minimum absolute atomic E-state index is 0.738. The zero-order chi connectivity index (χ0) is 18.3. The van der Waals surface area contributed by atoms with Crippen LogP contribution >= 0.6 is 11.6 Å². The van der Waals surface area contributed by atoms with E-state index in [-0.39, 0.29) is 0 Å². The maximum atomic E-state index is 6.08. The molecule has 0 aliphatic carbocycles. The van der Waals surface area contributed by atoms with Crippen LogP contribution in [0.5, 0.6) is 0 Å². The molecule has 2 nitrogen and oxygen atoms in total. The summed E-state index contributed by atoms with van der Waals surface area (Å²) in [6, 6.07) is 20.7. The van der Waals surface area contributed by atoms with Crippen LogP contribution in [0.2, 0.25) is 5.02 Å². The smallest absolute Gasteiger partial charge is 0.141 e. The van der Waals surface area contributed by atoms with Crippen LogP contribution in [-0.2, 0) is 6.54 Å². The largest absolute Gasteiger partial charge is 0.319 e. The van der Waals surface area contributed by atoms with Crippen molar-refractivity contribution < 1.29 is 0 Å². The van der Waals surface area contributed by atoms with Gasteiger partial charge < -0.3 is 4.57 Å². The Morgan fingerprint density at radius 2 is 1.54 bits per heavy atom. The molecule has 0 saturated carbocycles. The second-order valence-electron chi connectivity index (χ2n) is 6.89. The van der Waals surface area contributed by atoms with E-state index in [1.165, 1.54) is 22.3 Å². The summed E-state index contributed by atoms with van der Waals surface area (Å²) in [7, 11) is 0. The van der Waals surface area contributed by atoms with E-state index in [0.717, 1.165) is 34.0 Å². The number of nitrogens with zero attached hydrogens (tertiary/aromatic N) is 2. The van der Waals surface area contributed by atoms with Gasteiger partial charge in [-0.2, -0.15) is 0 Å². The maximum absolute atomic E-state index is 6.08. The van der Waals surface area contributed by atoms with Gasteiger partial charge in [0.15, 0.2) is 0 Å². The van der Waals surface area contributed by atoms with Crippen LogP contribution < -0.4 is 0 Å². The molecule has 0 fully saturated rings. The zero-order valence-corrected chi connectivity index (χ0v) is 16.0. The third kappa shape index (κ3) is 3.02. The van der Waals surface area contributed by atoms with Crippen molar-refractivity contribution >= 4 is 22.6 Å². The predicted octanol–water partition coefficient (Wildman–Crippen LogP) is 6.33. The Morgan fingerprint density at radius 3 is 2.23 bits per heavy atom. The SMILES string of the molecule is Cc1cc(C)c(Cn2c(-c3ccc(Cl)cc3)nc3ccccc32)c(C)c1. The quantitative estimate of drug-likeness (QED) is 0.417. The molecular weight excluding hydrogens is 340 g/mol. The van der Waals surface area contributed by atoms with Crippen molar-refractivity contribution in [2.45, 2.75) is 27.3 Å². The molecule has 4 rings (SSSR count). The molecule has 1 aromatic heterocycles. The summed E-state index contributed by atoms with van der Waals surface area (Å²) in [4.78, 5) is 4.91. The summed E-state index contributed by atoms with van der Waals surface area (Å²) < 4.78 is 2.31. The van der Waals surface area contributed by atoms with E-state index < -0.39 is 0 Å². The van der Waals surface area contributed by atoms with Crippen LogP contribution in [0.4, 0.5) is 0 Å². The third-order valence-electron chi connectivity index (χ3n) is 4.91. The molecule has 0 N–H and O–H groups in total. The molecular formula is C23H21ClN2. The number of para-hydroxylation sites is 2. The molecule has 0 amide bonds. The lowest BCUT2D eigenvalue weighted by Crippen LogP contribution is -2.06. The van der Waals surface area contributed by atoms with Crippen LogP contribution in [0.3, 0.4) is 0 Å². The number of fused-ring (bicyclic) bond motifs is 1. The van der Waals surface area contributed by atoms with Gasteiger partial charge in [-0.3, -0.25) is 0 Å². The topological polar surface area (TPSA) is 17.8 Å². The molecule has 0 atom stereocenters. The fraction of sp³-hybridized carbons (Fsp3) is 0.174. The zero-order valence-electron chi connectivity index (χ0n) is 15.3. The lowest BCUT2D eigenvalue weighted by molar-refractivity contribution is 0.821. The standard InChI is InChI=1S/C23H21ClN2/c1-15-12-16(2)20(17(3)13-15)14-26-22-7-5-4-6-21(22)25-23(26)18-8-10-19(24)11-9-18/h4-13H,14H2,1-3H3. The van der Waals surface area contributed by atoms with Crippen LogP contribution in [-0.4, -0.2) is 9.55 Å². The van der Waals surface area contributed by atoms with Gasteiger partial charge in [0.25, 0.3) is 0 Å². The van der Waals surface area contributed by atoms with E-state index in [4.69, 9.17) is 16.6 Å². The van der Waals surface area contributed by atoms with Gasteiger partial charge in [0, 0.05) is 10.6 Å². The summed E-state index contributed by atoms with van der Waals surface area (Å²) >= 11 is 6.08. The molecule has 0 aliphatic rings. The van der Waals surface area contributed by atoms with Gasteiger partial charge in [-0.15, -0.1) is 0 Å². The minimum Gasteiger partial charge on any atom is -0.319 e. The lowest BCUT2D eigenvalue weighted by atomic mass is 9.99. The molecule has 3 aromatic carbocycles. The average Bonchev–Trinajstić information content (AvgIpc) is 2.97. The number of halogens is 1. The molecule has 26 heavy (non-hydrogen) atoms. The highest BCUT2D eigenvalue weighted by Crippen LogP contribution is 2.28. The molecule has 1 heterocycles. The molecule has 3 heteroatoms. The number of benzene rings is 3. The van der Waals surface area contributed by atoms with E-state index in [0.29, 0.717) is 0 Å². The summed E-state index contributed by atoms with van der Waals surface area (Å²) in [5, 5.41) is 0.738. The van der Waals surface area contributed by atoms with Crippen molar-refractivity contribution in [2.24, 2.45) is 0 Å². The van der Waals surface area contributed by atoms with E-state index >= 15 is 0 Å². The van der Waals surface area contributed by atoms with Gasteiger partial charge in [-0.05, 0) is 73.9 Å². The van der Waals surface area contributed by atoms with Crippen LogP contribution in [0, 0.1) is 20.8 Å². The molecule has 0 spiro atoms. The first kappa shape index (κ1) is 16.9. The Labute approximate surface area is 159 Å². The Kier molecular flexibility index (Phi) is 4.29. The molecule has 0 bridgehead atoms. The highest BCUT2D eigenvalue weighted by molar-refractivity contribution is 6.30. The van der Waals surface area contributed by atoms with Crippen LogP contribution in [0.1, 0.15) is 22.3 Å². The number of hydrogen-bond acceptors (Lipinski definition) is 1. The molecule has 4 aromatic rings. The van der Waals surface area contributed by atoms with Crippen molar-refractivity contribution in [3.05, 3.63) is 87.9 Å². The van der Waals surface area contributed by atoms with E-state index in [2.05, 4.69) is 55.7 Å². The molecule has 0 aliphatic heterocycles. The maximum Gasteiger partial charge on any atom is 0.141 e. The lowest BCUT2D eigenvalue weighted by Gasteiger charge is -2.15. The number of rotatable bonds is 3. The highest BCUT2D eigenvalue weighted by atomic mass is 35.5. The van der Waals surface area contributed by atoms with Crippen molar-refractivity contribution in [1.82, 2.24) is 9.55 Å². The first-order chi connectivity index (χ1) is 12.5. The Morgan fingerprint density at radius 1 is 0.885 bits per heavy atom. The van der Waals surface area contributed by atoms with E-state index in [9.17, 15) is 0 Å². The van der Waals surface area contributed by atoms with Crippen molar-refractivity contribution in [3.63, 3.8) is 0 Å². The fourth-order valence-electron chi connectivity index (χ4n) is 3.67. The second kappa shape index (κ2) is 6.62. The normalized spacial score (nSPS) is 11.2. The van der Waals surface area contributed by atoms with E-state index in [1.807, 2.05) is 30.3 Å². The molecule has 130 valence electrons. The average molecular weight is 361 g/mol. The van der Waals surface area contributed by atoms with Crippen LogP contribution in [0.25, 0.3) is 22.4 Å². The van der Waals surface area contributed by atoms with Gasteiger partial charge in [0.1, 0.15) is 5.82 Å². The van der Waals surface area contributed by atoms with Gasteiger partial charge in [-0.25, -0.2) is 4.98 Å². The third-order valence-corrected chi connectivity index (χ3v) is 5.17. The minimum atomic E-state index is 0.738. The number of imidazole rings is 1. The summed E-state index contributed by atoms with van der Waals surface area (Å²) in [6.45, 7) is 7.33. The number of hydrogen-bond donors (Lipinski definition) is 0. The highest BCUT2D eigenvalue weighted by Gasteiger charge is 2.14. The number of aryl methyl sites for hydroxylation is 3. The molecule has 0 radical (unpaired) electrons. The number of aromatic nitrogens is 2. The van der Waals surface area contributed by atoms with Crippen molar-refractivity contribution in [3.8, 4) is 11.4 Å². The summed E-state index contributed by atoms with van der Waals surface area (Å²) in [5.74, 6) is 0.974. The Balaban J connectivity index is 1.91. The van der Waals surface area contributed by atoms with Gasteiger partial charge in [0.05, 0.1) is 17.6 Å². The molecule has 0 saturated heterocycles.